The molecule has 1 fully saturated rings. The van der Waals surface area contributed by atoms with Crippen LogP contribution in [-0.4, -0.2) is 39.2 Å². The minimum atomic E-state index is -0.364. The zero-order chi connectivity index (χ0) is 13.4. The molecule has 3 aliphatic heterocycles. The van der Waals surface area contributed by atoms with Gasteiger partial charge in [-0.05, 0) is 32.1 Å². The second-order valence-electron chi connectivity index (χ2n) is 4.65. The molecular formula is C11H15N5O2S. The van der Waals surface area contributed by atoms with Crippen molar-refractivity contribution >= 4 is 24.6 Å². The maximum absolute atomic E-state index is 12.3. The summed E-state index contributed by atoms with van der Waals surface area (Å²) in [5, 5.41) is 4.18. The SMILES string of the molecule is O=C(C1=CNC2=CN(S)NN2C1=O)N1CCCCC1. The van der Waals surface area contributed by atoms with Crippen molar-refractivity contribution in [2.24, 2.45) is 0 Å². The van der Waals surface area contributed by atoms with Crippen LogP contribution in [0, 0.1) is 0 Å². The number of nitrogens with zero attached hydrogens (tertiary/aromatic N) is 3. The van der Waals surface area contributed by atoms with Crippen molar-refractivity contribution < 1.29 is 9.59 Å². The van der Waals surface area contributed by atoms with Crippen LogP contribution in [0.3, 0.4) is 0 Å². The molecule has 0 aliphatic carbocycles. The third-order valence-electron chi connectivity index (χ3n) is 3.36. The normalized spacial score (nSPS) is 22.8. The number of hydrazine groups is 2. The van der Waals surface area contributed by atoms with Gasteiger partial charge in [0, 0.05) is 19.3 Å². The molecule has 7 nitrogen and oxygen atoms in total. The summed E-state index contributed by atoms with van der Waals surface area (Å²) in [5.41, 5.74) is 2.86. The van der Waals surface area contributed by atoms with Gasteiger partial charge in [0.25, 0.3) is 11.8 Å². The number of piperidine rings is 1. The molecule has 0 spiro atoms. The van der Waals surface area contributed by atoms with Gasteiger partial charge in [0.2, 0.25) is 0 Å². The lowest BCUT2D eigenvalue weighted by atomic mass is 10.1. The fraction of sp³-hybridized carbons (Fsp3) is 0.455. The molecule has 3 rings (SSSR count). The van der Waals surface area contributed by atoms with E-state index in [1.165, 1.54) is 15.6 Å². The Bertz CT molecular complexity index is 483. The first-order chi connectivity index (χ1) is 9.16. The average molecular weight is 281 g/mol. The van der Waals surface area contributed by atoms with E-state index in [2.05, 4.69) is 23.7 Å². The van der Waals surface area contributed by atoms with E-state index in [4.69, 9.17) is 0 Å². The van der Waals surface area contributed by atoms with Crippen molar-refractivity contribution in [3.05, 3.63) is 23.8 Å². The molecule has 0 aromatic carbocycles. The third kappa shape index (κ3) is 2.17. The van der Waals surface area contributed by atoms with E-state index >= 15 is 0 Å². The number of carbonyl (C=O) groups excluding carboxylic acids is 2. The summed E-state index contributed by atoms with van der Waals surface area (Å²) in [6, 6.07) is 0. The maximum Gasteiger partial charge on any atom is 0.282 e. The summed E-state index contributed by atoms with van der Waals surface area (Å²) < 4.78 is 1.35. The largest absolute Gasteiger partial charge is 0.345 e. The Hall–Kier alpha value is -1.67. The number of fused-ring (bicyclic) bond motifs is 1. The van der Waals surface area contributed by atoms with Gasteiger partial charge in [-0.1, -0.05) is 0 Å². The summed E-state index contributed by atoms with van der Waals surface area (Å²) in [4.78, 5) is 26.3. The molecule has 2 N–H and O–H groups in total. The van der Waals surface area contributed by atoms with Crippen LogP contribution in [0.15, 0.2) is 23.8 Å². The van der Waals surface area contributed by atoms with Crippen molar-refractivity contribution in [3.8, 4) is 0 Å². The number of hydrogen-bond donors (Lipinski definition) is 3. The van der Waals surface area contributed by atoms with E-state index in [1.54, 1.807) is 11.1 Å². The average Bonchev–Trinajstić information content (AvgIpc) is 2.81. The summed E-state index contributed by atoms with van der Waals surface area (Å²) >= 11 is 4.06. The van der Waals surface area contributed by atoms with Crippen LogP contribution in [0.2, 0.25) is 0 Å². The quantitative estimate of drug-likeness (QED) is 0.454. The number of likely N-dealkylation sites (tertiary alicyclic amines) is 1. The highest BCUT2D eigenvalue weighted by Gasteiger charge is 2.36. The van der Waals surface area contributed by atoms with Gasteiger partial charge in [-0.15, -0.1) is 5.53 Å². The topological polar surface area (TPSA) is 67.9 Å². The maximum atomic E-state index is 12.3. The molecule has 0 aromatic rings. The highest BCUT2D eigenvalue weighted by atomic mass is 32.1. The highest BCUT2D eigenvalue weighted by molar-refractivity contribution is 7.77. The lowest BCUT2D eigenvalue weighted by Gasteiger charge is -2.30. The van der Waals surface area contributed by atoms with E-state index < -0.39 is 0 Å². The number of amides is 2. The Labute approximate surface area is 116 Å². The van der Waals surface area contributed by atoms with E-state index in [-0.39, 0.29) is 17.4 Å². The van der Waals surface area contributed by atoms with Crippen molar-refractivity contribution in [2.75, 3.05) is 13.1 Å². The van der Waals surface area contributed by atoms with Crippen molar-refractivity contribution in [1.82, 2.24) is 25.2 Å². The van der Waals surface area contributed by atoms with Gasteiger partial charge in [-0.25, -0.2) is 9.42 Å². The minimum Gasteiger partial charge on any atom is -0.345 e. The second-order valence-corrected chi connectivity index (χ2v) is 5.09. The molecule has 3 aliphatic rings. The molecule has 102 valence electrons. The molecule has 0 aromatic heterocycles. The van der Waals surface area contributed by atoms with Crippen LogP contribution in [0.5, 0.6) is 0 Å². The molecular weight excluding hydrogens is 266 g/mol. The Morgan fingerprint density at radius 2 is 2.00 bits per heavy atom. The number of carbonyl (C=O) groups is 2. The first-order valence-corrected chi connectivity index (χ1v) is 6.63. The fourth-order valence-corrected chi connectivity index (χ4v) is 2.56. The lowest BCUT2D eigenvalue weighted by molar-refractivity contribution is -0.136. The molecule has 0 bridgehead atoms. The lowest BCUT2D eigenvalue weighted by Crippen LogP contribution is -2.50. The van der Waals surface area contributed by atoms with E-state index in [1.807, 2.05) is 0 Å². The van der Waals surface area contributed by atoms with E-state index in [0.29, 0.717) is 5.82 Å². The molecule has 8 heteroatoms. The van der Waals surface area contributed by atoms with Gasteiger partial charge in [-0.3, -0.25) is 9.59 Å². The smallest absolute Gasteiger partial charge is 0.282 e. The molecule has 1 saturated heterocycles. The van der Waals surface area contributed by atoms with Crippen molar-refractivity contribution in [2.45, 2.75) is 19.3 Å². The molecule has 19 heavy (non-hydrogen) atoms. The van der Waals surface area contributed by atoms with Gasteiger partial charge >= 0.3 is 0 Å². The Balaban J connectivity index is 1.77. The van der Waals surface area contributed by atoms with Crippen LogP contribution in [0.25, 0.3) is 0 Å². The van der Waals surface area contributed by atoms with Gasteiger partial charge < -0.3 is 10.2 Å². The molecule has 0 radical (unpaired) electrons. The van der Waals surface area contributed by atoms with Gasteiger partial charge in [0.15, 0.2) is 0 Å². The van der Waals surface area contributed by atoms with E-state index in [0.717, 1.165) is 32.4 Å². The number of nitrogens with one attached hydrogen (secondary N) is 2. The van der Waals surface area contributed by atoms with E-state index in [9.17, 15) is 9.59 Å². The first kappa shape index (κ1) is 12.4. The van der Waals surface area contributed by atoms with Gasteiger partial charge in [0.1, 0.15) is 11.4 Å². The van der Waals surface area contributed by atoms with Gasteiger partial charge in [-0.2, -0.15) is 0 Å². The van der Waals surface area contributed by atoms with Crippen LogP contribution >= 0.6 is 12.8 Å². The Kier molecular flexibility index (Phi) is 3.11. The summed E-state index contributed by atoms with van der Waals surface area (Å²) in [6.45, 7) is 1.44. The predicted molar refractivity (Wildman–Crippen MR) is 70.5 cm³/mol. The van der Waals surface area contributed by atoms with Crippen LogP contribution in [0.1, 0.15) is 19.3 Å². The molecule has 0 unspecified atom stereocenters. The zero-order valence-corrected chi connectivity index (χ0v) is 11.2. The molecule has 3 heterocycles. The monoisotopic (exact) mass is 281 g/mol. The Morgan fingerprint density at radius 3 is 2.74 bits per heavy atom. The molecule has 0 saturated carbocycles. The number of rotatable bonds is 1. The minimum absolute atomic E-state index is 0.148. The predicted octanol–water partition coefficient (Wildman–Crippen LogP) is -0.307. The first-order valence-electron chi connectivity index (χ1n) is 6.23. The molecule has 0 atom stereocenters. The standard InChI is InChI=1S/C11H15N5O2S/c17-10(14-4-2-1-3-5-14)8-6-12-9-7-15(19)13-16(9)11(8)18/h6-7,12-13,19H,1-5H2. The molecule has 2 amide bonds. The number of hydrogen-bond acceptors (Lipinski definition) is 6. The van der Waals surface area contributed by atoms with Crippen molar-refractivity contribution in [1.29, 1.82) is 0 Å². The Morgan fingerprint density at radius 1 is 1.26 bits per heavy atom. The summed E-state index contributed by atoms with van der Waals surface area (Å²) in [6.07, 6.45) is 6.22. The van der Waals surface area contributed by atoms with Gasteiger partial charge in [0.05, 0.1) is 6.20 Å². The fourth-order valence-electron chi connectivity index (χ4n) is 2.36. The second kappa shape index (κ2) is 4.78. The van der Waals surface area contributed by atoms with Crippen LogP contribution in [0.4, 0.5) is 0 Å². The van der Waals surface area contributed by atoms with Crippen molar-refractivity contribution in [3.63, 3.8) is 0 Å². The third-order valence-corrected chi connectivity index (χ3v) is 3.56. The highest BCUT2D eigenvalue weighted by Crippen LogP contribution is 2.20. The zero-order valence-electron chi connectivity index (χ0n) is 10.3. The summed E-state index contributed by atoms with van der Waals surface area (Å²) in [5.74, 6) is -0.0250. The van der Waals surface area contributed by atoms with Crippen LogP contribution in [-0.2, 0) is 9.59 Å². The van der Waals surface area contributed by atoms with Crippen LogP contribution < -0.4 is 10.9 Å². The number of thiol groups is 1. The summed E-state index contributed by atoms with van der Waals surface area (Å²) in [7, 11) is 0.